The van der Waals surface area contributed by atoms with Crippen molar-refractivity contribution in [3.8, 4) is 5.69 Å². The van der Waals surface area contributed by atoms with Gasteiger partial charge in [-0.2, -0.15) is 0 Å². The number of benzene rings is 2. The summed E-state index contributed by atoms with van der Waals surface area (Å²) < 4.78 is 2.33. The summed E-state index contributed by atoms with van der Waals surface area (Å²) in [6.45, 7) is 6.48. The van der Waals surface area contributed by atoms with Crippen molar-refractivity contribution in [2.75, 3.05) is 4.90 Å². The van der Waals surface area contributed by atoms with Crippen molar-refractivity contribution in [3.63, 3.8) is 0 Å². The van der Waals surface area contributed by atoms with Crippen LogP contribution in [-0.2, 0) is 0 Å². The molecule has 5 heteroatoms. The van der Waals surface area contributed by atoms with Crippen LogP contribution in [0.15, 0.2) is 85.1 Å². The molecule has 5 rings (SSSR count). The number of rotatable bonds is 4. The molecule has 4 nitrogen and oxygen atoms in total. The molecule has 0 amide bonds. The quantitative estimate of drug-likeness (QED) is 0.398. The van der Waals surface area contributed by atoms with Gasteiger partial charge in [-0.25, -0.2) is 0 Å². The Hall–Kier alpha value is -3.44. The number of para-hydroxylation sites is 1. The Morgan fingerprint density at radius 3 is 2.25 bits per heavy atom. The van der Waals surface area contributed by atoms with Gasteiger partial charge in [0.15, 0.2) is 5.11 Å². The topological polar surface area (TPSA) is 33.1 Å². The van der Waals surface area contributed by atoms with Gasteiger partial charge in [0, 0.05) is 29.0 Å². The van der Waals surface area contributed by atoms with Crippen LogP contribution in [0.2, 0.25) is 0 Å². The van der Waals surface area contributed by atoms with Crippen LogP contribution in [0.4, 0.5) is 5.69 Å². The molecule has 0 aliphatic carbocycles. The van der Waals surface area contributed by atoms with E-state index in [0.29, 0.717) is 0 Å². The lowest BCUT2D eigenvalue weighted by Crippen LogP contribution is -2.29. The molecule has 0 radical (unpaired) electrons. The molecular weight excluding hydrogens is 412 g/mol. The van der Waals surface area contributed by atoms with Gasteiger partial charge in [-0.3, -0.25) is 4.98 Å². The highest BCUT2D eigenvalue weighted by molar-refractivity contribution is 7.80. The summed E-state index contributed by atoms with van der Waals surface area (Å²) in [5.74, 6) is 0. The van der Waals surface area contributed by atoms with E-state index in [-0.39, 0.29) is 12.1 Å². The maximum Gasteiger partial charge on any atom is 0.174 e. The Bertz CT molecular complexity index is 1250. The zero-order chi connectivity index (χ0) is 22.2. The fourth-order valence-electron chi connectivity index (χ4n) is 4.72. The van der Waals surface area contributed by atoms with Crippen molar-refractivity contribution < 1.29 is 0 Å². The van der Waals surface area contributed by atoms with Crippen LogP contribution < -0.4 is 10.2 Å². The monoisotopic (exact) mass is 438 g/mol. The van der Waals surface area contributed by atoms with E-state index in [1.54, 1.807) is 0 Å². The summed E-state index contributed by atoms with van der Waals surface area (Å²) in [6.07, 6.45) is 1.85. The van der Waals surface area contributed by atoms with E-state index in [1.807, 2.05) is 24.4 Å². The minimum absolute atomic E-state index is 0.00908. The number of thiocarbonyl (C=S) groups is 1. The first-order valence-electron chi connectivity index (χ1n) is 10.9. The van der Waals surface area contributed by atoms with E-state index in [4.69, 9.17) is 12.2 Å². The molecule has 1 fully saturated rings. The van der Waals surface area contributed by atoms with Crippen molar-refractivity contribution in [3.05, 3.63) is 113 Å². The average molecular weight is 439 g/mol. The zero-order valence-corrected chi connectivity index (χ0v) is 19.3. The maximum absolute atomic E-state index is 5.85. The SMILES string of the molecule is Cc1ccc(-n2c(C)cc([C@@H]3[C@H](c4ccccn4)NC(=S)N3c3ccccc3)c2C)cc1. The van der Waals surface area contributed by atoms with Gasteiger partial charge >= 0.3 is 0 Å². The van der Waals surface area contributed by atoms with Crippen LogP contribution in [0.3, 0.4) is 0 Å². The molecule has 1 aliphatic heterocycles. The lowest BCUT2D eigenvalue weighted by molar-refractivity contribution is 0.565. The summed E-state index contributed by atoms with van der Waals surface area (Å²) in [4.78, 5) is 6.90. The number of nitrogens with one attached hydrogen (secondary N) is 1. The molecule has 0 bridgehead atoms. The van der Waals surface area contributed by atoms with Gasteiger partial charge in [0.05, 0.1) is 17.8 Å². The minimum Gasteiger partial charge on any atom is -0.351 e. The third kappa shape index (κ3) is 3.49. The van der Waals surface area contributed by atoms with Gasteiger partial charge in [0.1, 0.15) is 0 Å². The van der Waals surface area contributed by atoms with E-state index in [0.717, 1.165) is 16.5 Å². The molecule has 4 aromatic rings. The molecule has 160 valence electrons. The molecule has 1 N–H and O–H groups in total. The highest BCUT2D eigenvalue weighted by Crippen LogP contribution is 2.43. The molecule has 2 aromatic carbocycles. The first-order valence-corrected chi connectivity index (χ1v) is 11.3. The molecule has 32 heavy (non-hydrogen) atoms. The van der Waals surface area contributed by atoms with Crippen molar-refractivity contribution in [1.82, 2.24) is 14.9 Å². The van der Waals surface area contributed by atoms with Crippen molar-refractivity contribution in [2.45, 2.75) is 32.9 Å². The predicted octanol–water partition coefficient (Wildman–Crippen LogP) is 5.97. The standard InChI is InChI=1S/C27H26N4S/c1-18-12-14-22(15-13-18)30-19(2)17-23(20(30)3)26-25(24-11-7-8-16-28-24)29-27(32)31(26)21-9-5-4-6-10-21/h4-17,25-26H,1-3H3,(H,29,32)/t25-,26+/m0/s1. The fraction of sp³-hybridized carbons (Fsp3) is 0.185. The Morgan fingerprint density at radius 1 is 0.844 bits per heavy atom. The van der Waals surface area contributed by atoms with Crippen molar-refractivity contribution in [1.29, 1.82) is 0 Å². The molecule has 2 atom stereocenters. The van der Waals surface area contributed by atoms with E-state index >= 15 is 0 Å². The molecule has 0 saturated carbocycles. The van der Waals surface area contributed by atoms with E-state index in [2.05, 4.69) is 101 Å². The molecule has 1 saturated heterocycles. The van der Waals surface area contributed by atoms with Crippen LogP contribution >= 0.6 is 12.2 Å². The summed E-state index contributed by atoms with van der Waals surface area (Å²) in [6, 6.07) is 27.3. The van der Waals surface area contributed by atoms with Crippen LogP contribution in [0.1, 0.15) is 40.3 Å². The van der Waals surface area contributed by atoms with E-state index < -0.39 is 0 Å². The number of hydrogen-bond acceptors (Lipinski definition) is 2. The second kappa shape index (κ2) is 8.24. The minimum atomic E-state index is -0.0455. The van der Waals surface area contributed by atoms with E-state index in [1.165, 1.54) is 28.2 Å². The highest BCUT2D eigenvalue weighted by atomic mass is 32.1. The van der Waals surface area contributed by atoms with Crippen LogP contribution in [0.25, 0.3) is 5.69 Å². The second-order valence-corrected chi connectivity index (χ2v) is 8.72. The zero-order valence-electron chi connectivity index (χ0n) is 18.5. The van der Waals surface area contributed by atoms with Crippen LogP contribution in [0.5, 0.6) is 0 Å². The number of hydrogen-bond donors (Lipinski definition) is 1. The summed E-state index contributed by atoms with van der Waals surface area (Å²) >= 11 is 5.85. The Morgan fingerprint density at radius 2 is 1.56 bits per heavy atom. The summed E-state index contributed by atoms with van der Waals surface area (Å²) in [5, 5.41) is 4.28. The fourth-order valence-corrected chi connectivity index (χ4v) is 5.06. The number of aromatic nitrogens is 2. The Labute approximate surface area is 194 Å². The highest BCUT2D eigenvalue weighted by Gasteiger charge is 2.42. The van der Waals surface area contributed by atoms with E-state index in [9.17, 15) is 0 Å². The predicted molar refractivity (Wildman–Crippen MR) is 134 cm³/mol. The van der Waals surface area contributed by atoms with Crippen LogP contribution in [0, 0.1) is 20.8 Å². The third-order valence-electron chi connectivity index (χ3n) is 6.21. The number of aryl methyl sites for hydroxylation is 2. The second-order valence-electron chi connectivity index (χ2n) is 8.33. The lowest BCUT2D eigenvalue weighted by atomic mass is 9.96. The van der Waals surface area contributed by atoms with Crippen molar-refractivity contribution in [2.24, 2.45) is 0 Å². The average Bonchev–Trinajstić information content (AvgIpc) is 3.31. The molecule has 1 aliphatic rings. The van der Waals surface area contributed by atoms with Crippen molar-refractivity contribution >= 4 is 23.0 Å². The molecule has 0 unspecified atom stereocenters. The molecule has 3 heterocycles. The first-order chi connectivity index (χ1) is 15.5. The van der Waals surface area contributed by atoms with Gasteiger partial charge in [-0.05, 0) is 81.0 Å². The first kappa shape index (κ1) is 20.5. The van der Waals surface area contributed by atoms with Gasteiger partial charge in [0.25, 0.3) is 0 Å². The smallest absolute Gasteiger partial charge is 0.174 e. The molecule has 2 aromatic heterocycles. The molecular formula is C27H26N4S. The van der Waals surface area contributed by atoms with Gasteiger partial charge in [0.2, 0.25) is 0 Å². The maximum atomic E-state index is 5.85. The normalized spacial score (nSPS) is 18.1. The Balaban J connectivity index is 1.67. The van der Waals surface area contributed by atoms with Gasteiger partial charge < -0.3 is 14.8 Å². The summed E-state index contributed by atoms with van der Waals surface area (Å²) in [5.41, 5.74) is 8.15. The number of pyridine rings is 1. The number of anilines is 1. The Kier molecular flexibility index (Phi) is 5.27. The van der Waals surface area contributed by atoms with Gasteiger partial charge in [-0.15, -0.1) is 0 Å². The van der Waals surface area contributed by atoms with Gasteiger partial charge in [-0.1, -0.05) is 42.0 Å². The third-order valence-corrected chi connectivity index (χ3v) is 6.53. The van der Waals surface area contributed by atoms with Crippen LogP contribution in [-0.4, -0.2) is 14.7 Å². The largest absolute Gasteiger partial charge is 0.351 e. The number of nitrogens with zero attached hydrogens (tertiary/aromatic N) is 3. The lowest BCUT2D eigenvalue weighted by Gasteiger charge is -2.28. The molecule has 0 spiro atoms. The summed E-state index contributed by atoms with van der Waals surface area (Å²) in [7, 11) is 0.